The van der Waals surface area contributed by atoms with Gasteiger partial charge in [-0.05, 0) is 42.5 Å². The molecular weight excluding hydrogens is 311 g/mol. The molecule has 0 aromatic heterocycles. The number of hydrogen-bond donors (Lipinski definition) is 2. The molecule has 1 aromatic rings. The Hall–Kier alpha value is -1.95. The van der Waals surface area contributed by atoms with Crippen molar-refractivity contribution in [3.63, 3.8) is 0 Å². The fraction of sp³-hybridized carbons (Fsp3) is 0.556. The molecule has 1 aromatic carbocycles. The molecule has 24 heavy (non-hydrogen) atoms. The van der Waals surface area contributed by atoms with Gasteiger partial charge in [-0.15, -0.1) is 0 Å². The highest BCUT2D eigenvalue weighted by Crippen LogP contribution is 2.19. The molecule has 2 N–H and O–H groups in total. The number of carbonyl (C=O) groups is 2. The van der Waals surface area contributed by atoms with Crippen LogP contribution in [0, 0.1) is 17.7 Å². The lowest BCUT2D eigenvalue weighted by molar-refractivity contribution is -0.138. The van der Waals surface area contributed by atoms with E-state index in [1.807, 2.05) is 20.8 Å². The summed E-state index contributed by atoms with van der Waals surface area (Å²) in [6.07, 6.45) is 0.201. The number of nitrogens with zero attached hydrogens (tertiary/aromatic N) is 1. The molecule has 1 fully saturated rings. The highest BCUT2D eigenvalue weighted by molar-refractivity contribution is 5.97. The van der Waals surface area contributed by atoms with E-state index in [9.17, 15) is 19.1 Å². The minimum atomic E-state index is -0.678. The largest absolute Gasteiger partial charge is 0.391 e. The molecule has 5 nitrogen and oxygen atoms in total. The summed E-state index contributed by atoms with van der Waals surface area (Å²) in [6.45, 7) is 6.54. The average molecular weight is 336 g/mol. The Morgan fingerprint density at radius 1 is 1.29 bits per heavy atom. The van der Waals surface area contributed by atoms with Crippen molar-refractivity contribution < 1.29 is 19.1 Å². The zero-order valence-corrected chi connectivity index (χ0v) is 14.3. The molecule has 1 aliphatic rings. The number of piperidine rings is 1. The fourth-order valence-electron chi connectivity index (χ4n) is 2.79. The first kappa shape index (κ1) is 18.4. The zero-order chi connectivity index (χ0) is 17.9. The van der Waals surface area contributed by atoms with Crippen LogP contribution in [0.15, 0.2) is 24.3 Å². The molecule has 2 amide bonds. The van der Waals surface area contributed by atoms with Crippen LogP contribution in [0.5, 0.6) is 0 Å². The van der Waals surface area contributed by atoms with Gasteiger partial charge >= 0.3 is 0 Å². The van der Waals surface area contributed by atoms with E-state index in [1.54, 1.807) is 4.90 Å². The van der Waals surface area contributed by atoms with E-state index >= 15 is 0 Å². The van der Waals surface area contributed by atoms with Crippen molar-refractivity contribution in [3.8, 4) is 0 Å². The van der Waals surface area contributed by atoms with Crippen LogP contribution in [0.1, 0.15) is 37.6 Å². The highest BCUT2D eigenvalue weighted by Gasteiger charge is 2.33. The topological polar surface area (TPSA) is 69.6 Å². The highest BCUT2D eigenvalue weighted by atomic mass is 19.1. The van der Waals surface area contributed by atoms with Gasteiger partial charge in [-0.1, -0.05) is 20.8 Å². The Labute approximate surface area is 141 Å². The zero-order valence-electron chi connectivity index (χ0n) is 14.3. The molecule has 2 rings (SSSR count). The molecule has 6 heteroatoms. The van der Waals surface area contributed by atoms with Crippen LogP contribution in [-0.2, 0) is 4.79 Å². The summed E-state index contributed by atoms with van der Waals surface area (Å²) in [5.41, 5.74) is 0.308. The van der Waals surface area contributed by atoms with Crippen molar-refractivity contribution in [2.45, 2.75) is 39.3 Å². The van der Waals surface area contributed by atoms with Crippen LogP contribution >= 0.6 is 0 Å². The average Bonchev–Trinajstić information content (AvgIpc) is 2.54. The van der Waals surface area contributed by atoms with Crippen molar-refractivity contribution in [1.82, 2.24) is 10.2 Å². The van der Waals surface area contributed by atoms with E-state index < -0.39 is 23.9 Å². The molecular formula is C18H25FN2O3. The number of aliphatic hydroxyl groups is 1. The predicted octanol–water partition coefficient (Wildman–Crippen LogP) is 1.81. The second-order valence-corrected chi connectivity index (χ2v) is 6.82. The molecule has 1 saturated heterocycles. The van der Waals surface area contributed by atoms with Crippen molar-refractivity contribution in [3.05, 3.63) is 35.6 Å². The molecule has 0 aliphatic carbocycles. The maximum Gasteiger partial charge on any atom is 0.251 e. The summed E-state index contributed by atoms with van der Waals surface area (Å²) in [5.74, 6) is -0.947. The number of rotatable bonds is 4. The van der Waals surface area contributed by atoms with E-state index in [1.165, 1.54) is 24.3 Å². The van der Waals surface area contributed by atoms with Crippen molar-refractivity contribution in [2.24, 2.45) is 11.8 Å². The third kappa shape index (κ3) is 4.32. The van der Waals surface area contributed by atoms with Crippen LogP contribution in [0.4, 0.5) is 4.39 Å². The van der Waals surface area contributed by atoms with E-state index in [0.29, 0.717) is 12.1 Å². The molecule has 0 spiro atoms. The van der Waals surface area contributed by atoms with Gasteiger partial charge in [0.05, 0.1) is 6.10 Å². The van der Waals surface area contributed by atoms with Gasteiger partial charge in [-0.2, -0.15) is 0 Å². The molecule has 1 heterocycles. The van der Waals surface area contributed by atoms with Gasteiger partial charge in [0, 0.05) is 18.7 Å². The van der Waals surface area contributed by atoms with E-state index in [2.05, 4.69) is 5.32 Å². The molecule has 3 unspecified atom stereocenters. The quantitative estimate of drug-likeness (QED) is 0.881. The number of nitrogens with one attached hydrogen (secondary N) is 1. The smallest absolute Gasteiger partial charge is 0.251 e. The SMILES string of the molecule is CC(C)C(NC(=O)c1ccc(F)cc1)C(=O)N1CCC(C)C(O)C1. The number of β-amino-alcohol motifs (C(OH)–C–C–N with tert-alkyl or cyclic N) is 1. The number of amides is 2. The summed E-state index contributed by atoms with van der Waals surface area (Å²) in [6, 6.07) is 4.52. The number of likely N-dealkylation sites (tertiary alicyclic amines) is 1. The molecule has 132 valence electrons. The first-order valence-corrected chi connectivity index (χ1v) is 8.33. The second-order valence-electron chi connectivity index (χ2n) is 6.82. The lowest BCUT2D eigenvalue weighted by Crippen LogP contribution is -2.55. The molecule has 0 bridgehead atoms. The summed E-state index contributed by atoms with van der Waals surface area (Å²) in [4.78, 5) is 26.7. The maximum atomic E-state index is 13.0. The standard InChI is InChI=1S/C18H25FN2O3/c1-11(2)16(18(24)21-9-8-12(3)15(22)10-21)20-17(23)13-4-6-14(19)7-5-13/h4-7,11-12,15-16,22H,8-10H2,1-3H3,(H,20,23). The Morgan fingerprint density at radius 2 is 1.92 bits per heavy atom. The Morgan fingerprint density at radius 3 is 2.46 bits per heavy atom. The van der Waals surface area contributed by atoms with E-state index in [4.69, 9.17) is 0 Å². The van der Waals surface area contributed by atoms with E-state index in [0.717, 1.165) is 6.42 Å². The van der Waals surface area contributed by atoms with Crippen LogP contribution in [0.25, 0.3) is 0 Å². The van der Waals surface area contributed by atoms with Gasteiger partial charge < -0.3 is 15.3 Å². The fourth-order valence-corrected chi connectivity index (χ4v) is 2.79. The van der Waals surface area contributed by atoms with Crippen molar-refractivity contribution >= 4 is 11.8 Å². The lowest BCUT2D eigenvalue weighted by Gasteiger charge is -2.37. The lowest BCUT2D eigenvalue weighted by atomic mass is 9.94. The Balaban J connectivity index is 2.07. The van der Waals surface area contributed by atoms with Crippen molar-refractivity contribution in [1.29, 1.82) is 0 Å². The molecule has 3 atom stereocenters. The predicted molar refractivity (Wildman–Crippen MR) is 88.9 cm³/mol. The normalized spacial score (nSPS) is 22.3. The number of aliphatic hydroxyl groups excluding tert-OH is 1. The third-order valence-electron chi connectivity index (χ3n) is 4.56. The van der Waals surface area contributed by atoms with Crippen LogP contribution < -0.4 is 5.32 Å². The number of hydrogen-bond acceptors (Lipinski definition) is 3. The van der Waals surface area contributed by atoms with Gasteiger partial charge in [0.2, 0.25) is 5.91 Å². The van der Waals surface area contributed by atoms with Gasteiger partial charge in [0.15, 0.2) is 0 Å². The molecule has 1 aliphatic heterocycles. The number of carbonyl (C=O) groups excluding carboxylic acids is 2. The minimum Gasteiger partial charge on any atom is -0.391 e. The van der Waals surface area contributed by atoms with Gasteiger partial charge in [-0.3, -0.25) is 9.59 Å². The van der Waals surface area contributed by atoms with Crippen molar-refractivity contribution in [2.75, 3.05) is 13.1 Å². The summed E-state index contributed by atoms with van der Waals surface area (Å²) in [5, 5.41) is 12.7. The number of halogens is 1. The second kappa shape index (κ2) is 7.75. The Bertz CT molecular complexity index is 588. The maximum absolute atomic E-state index is 13.0. The summed E-state index contributed by atoms with van der Waals surface area (Å²) < 4.78 is 13.0. The van der Waals surface area contributed by atoms with Crippen LogP contribution in [0.3, 0.4) is 0 Å². The van der Waals surface area contributed by atoms with Crippen LogP contribution in [0.2, 0.25) is 0 Å². The van der Waals surface area contributed by atoms with Crippen LogP contribution in [-0.4, -0.2) is 47.1 Å². The first-order chi connectivity index (χ1) is 11.3. The van der Waals surface area contributed by atoms with Gasteiger partial charge in [0.25, 0.3) is 5.91 Å². The van der Waals surface area contributed by atoms with Gasteiger partial charge in [-0.25, -0.2) is 4.39 Å². The first-order valence-electron chi connectivity index (χ1n) is 8.33. The van der Waals surface area contributed by atoms with Gasteiger partial charge in [0.1, 0.15) is 11.9 Å². The van der Waals surface area contributed by atoms with E-state index in [-0.39, 0.29) is 24.3 Å². The third-order valence-corrected chi connectivity index (χ3v) is 4.56. The molecule has 0 saturated carbocycles. The minimum absolute atomic E-state index is 0.0987. The Kier molecular flexibility index (Phi) is 5.94. The molecule has 0 radical (unpaired) electrons. The summed E-state index contributed by atoms with van der Waals surface area (Å²) in [7, 11) is 0. The monoisotopic (exact) mass is 336 g/mol. The summed E-state index contributed by atoms with van der Waals surface area (Å²) >= 11 is 0. The number of benzene rings is 1.